The van der Waals surface area contributed by atoms with Crippen molar-refractivity contribution in [3.8, 4) is 11.4 Å². The van der Waals surface area contributed by atoms with Crippen molar-refractivity contribution in [1.29, 1.82) is 0 Å². The lowest BCUT2D eigenvalue weighted by Gasteiger charge is -2.28. The zero-order valence-corrected chi connectivity index (χ0v) is 15.0. The van der Waals surface area contributed by atoms with Gasteiger partial charge in [-0.1, -0.05) is 11.8 Å². The molecule has 0 spiro atoms. The monoisotopic (exact) mass is 359 g/mol. The minimum Gasteiger partial charge on any atom is -0.378 e. The van der Waals surface area contributed by atoms with E-state index in [4.69, 9.17) is 4.74 Å². The zero-order chi connectivity index (χ0) is 17.2. The van der Waals surface area contributed by atoms with E-state index in [1.807, 2.05) is 24.0 Å². The predicted molar refractivity (Wildman–Crippen MR) is 94.2 cm³/mol. The third kappa shape index (κ3) is 3.55. The molecular weight excluding hydrogens is 338 g/mol. The average molecular weight is 359 g/mol. The molecule has 2 fully saturated rings. The van der Waals surface area contributed by atoms with E-state index in [9.17, 15) is 4.79 Å². The molecule has 1 aliphatic carbocycles. The Morgan fingerprint density at radius 1 is 1.32 bits per heavy atom. The van der Waals surface area contributed by atoms with Gasteiger partial charge in [0.2, 0.25) is 5.91 Å². The number of pyridine rings is 1. The molecular formula is C17H21N5O2S. The molecule has 1 saturated carbocycles. The van der Waals surface area contributed by atoms with Crippen LogP contribution in [0.25, 0.3) is 11.4 Å². The van der Waals surface area contributed by atoms with E-state index < -0.39 is 0 Å². The Kier molecular flexibility index (Phi) is 4.72. The van der Waals surface area contributed by atoms with Crippen LogP contribution in [0.1, 0.15) is 25.8 Å². The summed E-state index contributed by atoms with van der Waals surface area (Å²) in [5, 5.41) is 9.38. The molecule has 1 atom stereocenters. The van der Waals surface area contributed by atoms with Crippen LogP contribution in [0, 0.1) is 0 Å². The van der Waals surface area contributed by atoms with Gasteiger partial charge in [-0.25, -0.2) is 0 Å². The second kappa shape index (κ2) is 7.13. The number of rotatable bonds is 5. The van der Waals surface area contributed by atoms with Crippen molar-refractivity contribution in [1.82, 2.24) is 24.6 Å². The standard InChI is InChI=1S/C17H21N5O2S/c1-12(16(23)21-7-9-24-10-8-21)25-17-20-19-15(22(17)14-4-5-14)13-3-2-6-18-11-13/h2-3,6,11-12,14H,4-5,7-10H2,1H3/t12-/m1/s1. The van der Waals surface area contributed by atoms with E-state index in [1.54, 1.807) is 12.4 Å². The van der Waals surface area contributed by atoms with Gasteiger partial charge >= 0.3 is 0 Å². The van der Waals surface area contributed by atoms with Crippen LogP contribution in [0.15, 0.2) is 29.7 Å². The lowest BCUT2D eigenvalue weighted by Crippen LogP contribution is -2.44. The molecule has 0 bridgehead atoms. The highest BCUT2D eigenvalue weighted by atomic mass is 32.2. The van der Waals surface area contributed by atoms with E-state index >= 15 is 0 Å². The van der Waals surface area contributed by atoms with Gasteiger partial charge in [-0.3, -0.25) is 14.3 Å². The summed E-state index contributed by atoms with van der Waals surface area (Å²) >= 11 is 1.49. The van der Waals surface area contributed by atoms with Crippen molar-refractivity contribution in [3.63, 3.8) is 0 Å². The van der Waals surface area contributed by atoms with Gasteiger partial charge in [0, 0.05) is 37.1 Å². The molecule has 25 heavy (non-hydrogen) atoms. The van der Waals surface area contributed by atoms with Crippen LogP contribution >= 0.6 is 11.8 Å². The zero-order valence-electron chi connectivity index (χ0n) is 14.2. The molecule has 0 radical (unpaired) electrons. The maximum absolute atomic E-state index is 12.7. The fraction of sp³-hybridized carbons (Fsp3) is 0.529. The van der Waals surface area contributed by atoms with Gasteiger partial charge in [-0.2, -0.15) is 0 Å². The number of ether oxygens (including phenoxy) is 1. The SMILES string of the molecule is C[C@@H](Sc1nnc(-c2cccnc2)n1C1CC1)C(=O)N1CCOCC1. The smallest absolute Gasteiger partial charge is 0.236 e. The summed E-state index contributed by atoms with van der Waals surface area (Å²) in [7, 11) is 0. The summed E-state index contributed by atoms with van der Waals surface area (Å²) in [6, 6.07) is 4.32. The molecule has 2 aliphatic rings. The Morgan fingerprint density at radius 2 is 2.12 bits per heavy atom. The Bertz CT molecular complexity index is 741. The number of nitrogens with zero attached hydrogens (tertiary/aromatic N) is 5. The Balaban J connectivity index is 1.54. The number of amides is 1. The first-order valence-corrected chi connectivity index (χ1v) is 9.50. The van der Waals surface area contributed by atoms with E-state index in [-0.39, 0.29) is 11.2 Å². The number of carbonyl (C=O) groups is 1. The van der Waals surface area contributed by atoms with Crippen LogP contribution in [0.2, 0.25) is 0 Å². The fourth-order valence-corrected chi connectivity index (χ4v) is 3.96. The van der Waals surface area contributed by atoms with Crippen molar-refractivity contribution in [2.75, 3.05) is 26.3 Å². The number of hydrogen-bond acceptors (Lipinski definition) is 6. The predicted octanol–water partition coefficient (Wildman–Crippen LogP) is 2.01. The molecule has 7 nitrogen and oxygen atoms in total. The highest BCUT2D eigenvalue weighted by molar-refractivity contribution is 8.00. The lowest BCUT2D eigenvalue weighted by atomic mass is 10.3. The van der Waals surface area contributed by atoms with Crippen molar-refractivity contribution in [3.05, 3.63) is 24.5 Å². The maximum Gasteiger partial charge on any atom is 0.236 e. The number of thioether (sulfide) groups is 1. The van der Waals surface area contributed by atoms with Gasteiger partial charge in [-0.05, 0) is 31.9 Å². The normalized spacial score (nSPS) is 19.0. The van der Waals surface area contributed by atoms with Crippen LogP contribution < -0.4 is 0 Å². The molecule has 4 rings (SSSR count). The minimum atomic E-state index is -0.193. The number of aromatic nitrogens is 4. The van der Waals surface area contributed by atoms with Crippen molar-refractivity contribution < 1.29 is 9.53 Å². The number of carbonyl (C=O) groups excluding carboxylic acids is 1. The Hall–Kier alpha value is -1.93. The van der Waals surface area contributed by atoms with Gasteiger partial charge in [-0.15, -0.1) is 10.2 Å². The lowest BCUT2D eigenvalue weighted by molar-refractivity contribution is -0.134. The van der Waals surface area contributed by atoms with E-state index in [0.717, 1.165) is 29.4 Å². The molecule has 8 heteroatoms. The third-order valence-corrected chi connectivity index (χ3v) is 5.49. The molecule has 2 aromatic rings. The van der Waals surface area contributed by atoms with Crippen LogP contribution in [0.5, 0.6) is 0 Å². The first kappa shape index (κ1) is 16.5. The molecule has 1 saturated heterocycles. The molecule has 0 unspecified atom stereocenters. The van der Waals surface area contributed by atoms with Crippen LogP contribution in [0.4, 0.5) is 0 Å². The van der Waals surface area contributed by atoms with E-state index in [1.165, 1.54) is 11.8 Å². The topological polar surface area (TPSA) is 73.1 Å². The largest absolute Gasteiger partial charge is 0.378 e. The van der Waals surface area contributed by atoms with Crippen LogP contribution in [0.3, 0.4) is 0 Å². The Labute approximate surface area is 150 Å². The van der Waals surface area contributed by atoms with Crippen molar-refractivity contribution in [2.24, 2.45) is 0 Å². The molecule has 2 aromatic heterocycles. The van der Waals surface area contributed by atoms with Gasteiger partial charge < -0.3 is 9.64 Å². The molecule has 3 heterocycles. The van der Waals surface area contributed by atoms with E-state index in [0.29, 0.717) is 32.3 Å². The second-order valence-corrected chi connectivity index (χ2v) is 7.65. The van der Waals surface area contributed by atoms with Gasteiger partial charge in [0.1, 0.15) is 0 Å². The first-order valence-electron chi connectivity index (χ1n) is 8.62. The maximum atomic E-state index is 12.7. The summed E-state index contributed by atoms with van der Waals surface area (Å²) in [4.78, 5) is 18.7. The second-order valence-electron chi connectivity index (χ2n) is 6.35. The average Bonchev–Trinajstić information content (AvgIpc) is 3.42. The van der Waals surface area contributed by atoms with Gasteiger partial charge in [0.25, 0.3) is 0 Å². The summed E-state index contributed by atoms with van der Waals surface area (Å²) in [5.41, 5.74) is 0.959. The number of morpholine rings is 1. The Morgan fingerprint density at radius 3 is 2.80 bits per heavy atom. The molecule has 0 aromatic carbocycles. The summed E-state index contributed by atoms with van der Waals surface area (Å²) in [6.45, 7) is 4.51. The molecule has 0 N–H and O–H groups in total. The highest BCUT2D eigenvalue weighted by Crippen LogP contribution is 2.41. The molecule has 1 aliphatic heterocycles. The fourth-order valence-electron chi connectivity index (χ4n) is 2.96. The third-order valence-electron chi connectivity index (χ3n) is 4.45. The molecule has 132 valence electrons. The van der Waals surface area contributed by atoms with E-state index in [2.05, 4.69) is 19.7 Å². The minimum absolute atomic E-state index is 0.140. The number of hydrogen-bond donors (Lipinski definition) is 0. The molecule has 1 amide bonds. The summed E-state index contributed by atoms with van der Waals surface area (Å²) in [5.74, 6) is 0.977. The quantitative estimate of drug-likeness (QED) is 0.761. The van der Waals surface area contributed by atoms with Gasteiger partial charge in [0.05, 0.1) is 18.5 Å². The summed E-state index contributed by atoms with van der Waals surface area (Å²) in [6.07, 6.45) is 5.81. The van der Waals surface area contributed by atoms with Crippen molar-refractivity contribution in [2.45, 2.75) is 36.2 Å². The first-order chi connectivity index (χ1) is 12.2. The van der Waals surface area contributed by atoms with Crippen LogP contribution in [-0.4, -0.2) is 62.1 Å². The van der Waals surface area contributed by atoms with Gasteiger partial charge in [0.15, 0.2) is 11.0 Å². The van der Waals surface area contributed by atoms with Crippen molar-refractivity contribution >= 4 is 17.7 Å². The summed E-state index contributed by atoms with van der Waals surface area (Å²) < 4.78 is 7.50. The van der Waals surface area contributed by atoms with Crippen LogP contribution in [-0.2, 0) is 9.53 Å². The highest BCUT2D eigenvalue weighted by Gasteiger charge is 2.32.